The number of nitrogens with two attached hydrogens (primary N) is 2. The number of aliphatic hydroxyl groups is 1. The minimum absolute atomic E-state index is 0.0713. The van der Waals surface area contributed by atoms with E-state index in [1.54, 1.807) is 36.4 Å². The summed E-state index contributed by atoms with van der Waals surface area (Å²) in [5, 5.41) is 14.1. The highest BCUT2D eigenvalue weighted by molar-refractivity contribution is 6.07. The molecule has 6 N–H and O–H groups in total. The Kier molecular flexibility index (Phi) is 10.9. The van der Waals surface area contributed by atoms with Gasteiger partial charge in [0.15, 0.2) is 0 Å². The maximum absolute atomic E-state index is 15.4. The van der Waals surface area contributed by atoms with Gasteiger partial charge in [0.25, 0.3) is 5.92 Å². The van der Waals surface area contributed by atoms with Crippen molar-refractivity contribution in [2.75, 3.05) is 12.3 Å². The van der Waals surface area contributed by atoms with Crippen LogP contribution in [0, 0.1) is 29.4 Å². The van der Waals surface area contributed by atoms with Crippen LogP contribution in [-0.2, 0) is 11.2 Å². The molecule has 278 valence electrons. The number of benzene rings is 2. The van der Waals surface area contributed by atoms with E-state index in [1.165, 1.54) is 20.0 Å². The van der Waals surface area contributed by atoms with Gasteiger partial charge in [0, 0.05) is 34.7 Å². The minimum atomic E-state index is -5.12. The molecular formula is C38H35F7N6O2. The van der Waals surface area contributed by atoms with Crippen molar-refractivity contribution in [1.82, 2.24) is 15.3 Å². The molecule has 4 aromatic rings. The summed E-state index contributed by atoms with van der Waals surface area (Å²) in [6, 6.07) is 11.5. The van der Waals surface area contributed by atoms with Gasteiger partial charge in [-0.1, -0.05) is 31.0 Å². The number of rotatable bonds is 7. The molecule has 2 aromatic carbocycles. The molecule has 0 unspecified atom stereocenters. The van der Waals surface area contributed by atoms with E-state index in [9.17, 15) is 31.9 Å². The van der Waals surface area contributed by atoms with Gasteiger partial charge in [-0.2, -0.15) is 22.0 Å². The van der Waals surface area contributed by atoms with E-state index in [4.69, 9.17) is 11.5 Å². The average molecular weight is 741 g/mol. The number of pyridine rings is 2. The fourth-order valence-electron chi connectivity index (χ4n) is 6.02. The van der Waals surface area contributed by atoms with Gasteiger partial charge in [0.1, 0.15) is 46.7 Å². The summed E-state index contributed by atoms with van der Waals surface area (Å²) in [5.74, 6) is -2.46. The molecule has 15 heteroatoms. The van der Waals surface area contributed by atoms with Gasteiger partial charge in [0.05, 0.1) is 11.7 Å². The first-order chi connectivity index (χ1) is 24.7. The van der Waals surface area contributed by atoms with Crippen molar-refractivity contribution < 1.29 is 40.6 Å². The summed E-state index contributed by atoms with van der Waals surface area (Å²) >= 11 is 0. The van der Waals surface area contributed by atoms with E-state index >= 15 is 8.78 Å². The van der Waals surface area contributed by atoms with Crippen molar-refractivity contribution >= 4 is 28.2 Å². The Balaban J connectivity index is 1.66. The van der Waals surface area contributed by atoms with Crippen LogP contribution in [0.15, 0.2) is 77.1 Å². The number of nitrogen functional groups attached to an aromatic ring is 1. The molecule has 1 fully saturated rings. The molecule has 1 aliphatic rings. The van der Waals surface area contributed by atoms with Gasteiger partial charge in [-0.05, 0) is 85.9 Å². The van der Waals surface area contributed by atoms with E-state index < -0.39 is 77.1 Å². The third kappa shape index (κ3) is 8.94. The fraction of sp³-hybridized carbons (Fsp3) is 0.316. The van der Waals surface area contributed by atoms with E-state index in [2.05, 4.69) is 32.1 Å². The number of nitrogens with zero attached hydrogens (tertiary/aromatic N) is 3. The number of allylic oxidation sites excluding steroid dienone is 2. The number of anilines is 1. The van der Waals surface area contributed by atoms with Gasteiger partial charge in [-0.25, -0.2) is 18.7 Å². The fourth-order valence-corrected chi connectivity index (χ4v) is 6.02. The summed E-state index contributed by atoms with van der Waals surface area (Å²) < 4.78 is 100. The molecule has 0 aliphatic heterocycles. The molecule has 2 atom stereocenters. The molecule has 2 heterocycles. The van der Waals surface area contributed by atoms with Gasteiger partial charge in [-0.3, -0.25) is 9.79 Å². The van der Waals surface area contributed by atoms with E-state index in [0.717, 1.165) is 19.1 Å². The first-order valence-corrected chi connectivity index (χ1v) is 16.4. The van der Waals surface area contributed by atoms with Crippen molar-refractivity contribution in [3.63, 3.8) is 0 Å². The quantitative estimate of drug-likeness (QED) is 0.119. The average Bonchev–Trinajstić information content (AvgIpc) is 3.06. The number of hydrogen-bond donors (Lipinski definition) is 4. The maximum Gasteiger partial charge on any atom is 0.431 e. The number of carbonyl (C=O) groups is 1. The minimum Gasteiger partial charge on any atom is -0.394 e. The summed E-state index contributed by atoms with van der Waals surface area (Å²) in [5.41, 5.74) is 7.40. The Morgan fingerprint density at radius 1 is 1.08 bits per heavy atom. The van der Waals surface area contributed by atoms with Crippen LogP contribution in [0.3, 0.4) is 0 Å². The zero-order valence-electron chi connectivity index (χ0n) is 28.8. The molecule has 0 radical (unpaired) electrons. The van der Waals surface area contributed by atoms with Gasteiger partial charge >= 0.3 is 6.18 Å². The number of hydrogen-bond acceptors (Lipinski definition) is 7. The van der Waals surface area contributed by atoms with Crippen molar-refractivity contribution in [3.05, 3.63) is 101 Å². The lowest BCUT2D eigenvalue weighted by Crippen LogP contribution is -2.44. The van der Waals surface area contributed by atoms with Gasteiger partial charge in [-0.15, -0.1) is 0 Å². The highest BCUT2D eigenvalue weighted by atomic mass is 19.4. The summed E-state index contributed by atoms with van der Waals surface area (Å²) in [7, 11) is 0. The number of aromatic nitrogens is 2. The van der Waals surface area contributed by atoms with Crippen molar-refractivity contribution in [2.45, 2.75) is 63.8 Å². The Labute approximate surface area is 300 Å². The molecule has 0 bridgehead atoms. The van der Waals surface area contributed by atoms with Crippen LogP contribution in [0.5, 0.6) is 0 Å². The number of fused-ring (bicyclic) bond motifs is 1. The lowest BCUT2D eigenvalue weighted by Gasteiger charge is -2.33. The van der Waals surface area contributed by atoms with Crippen LogP contribution in [0.4, 0.5) is 36.6 Å². The van der Waals surface area contributed by atoms with E-state index in [-0.39, 0.29) is 35.6 Å². The number of aliphatic imine (C=N–C) groups is 1. The molecule has 0 spiro atoms. The zero-order valence-corrected chi connectivity index (χ0v) is 28.8. The van der Waals surface area contributed by atoms with Crippen LogP contribution >= 0.6 is 0 Å². The number of nitrogens with one attached hydrogen (secondary N) is 1. The van der Waals surface area contributed by atoms with Crippen LogP contribution in [0.25, 0.3) is 21.9 Å². The molecule has 0 saturated heterocycles. The Morgan fingerprint density at radius 2 is 1.77 bits per heavy atom. The summed E-state index contributed by atoms with van der Waals surface area (Å²) in [4.78, 5) is 26.1. The smallest absolute Gasteiger partial charge is 0.394 e. The molecular weight excluding hydrogens is 705 g/mol. The van der Waals surface area contributed by atoms with Gasteiger partial charge < -0.3 is 21.9 Å². The van der Waals surface area contributed by atoms with Crippen LogP contribution in [0.2, 0.25) is 0 Å². The summed E-state index contributed by atoms with van der Waals surface area (Å²) in [6.45, 7) is 3.01. The van der Waals surface area contributed by atoms with Crippen molar-refractivity contribution in [1.29, 1.82) is 0 Å². The maximum atomic E-state index is 15.4. The second-order valence-corrected chi connectivity index (χ2v) is 13.3. The Hall–Kier alpha value is -5.49. The second kappa shape index (κ2) is 14.9. The van der Waals surface area contributed by atoms with Crippen LogP contribution < -0.4 is 16.8 Å². The molecule has 1 amide bonds. The topological polar surface area (TPSA) is 140 Å². The predicted molar refractivity (Wildman–Crippen MR) is 186 cm³/mol. The van der Waals surface area contributed by atoms with E-state index in [1.807, 2.05) is 0 Å². The van der Waals surface area contributed by atoms with Crippen molar-refractivity contribution in [2.24, 2.45) is 16.6 Å². The number of amides is 1. The molecule has 53 heavy (non-hydrogen) atoms. The van der Waals surface area contributed by atoms with Crippen LogP contribution in [0.1, 0.15) is 56.6 Å². The molecule has 2 aromatic heterocycles. The normalized spacial score (nSPS) is 18.3. The second-order valence-electron chi connectivity index (χ2n) is 13.3. The van der Waals surface area contributed by atoms with E-state index in [0.29, 0.717) is 28.0 Å². The number of carbonyl (C=O) groups excluding carboxylic acids is 1. The molecule has 5 rings (SSSR count). The zero-order chi connectivity index (χ0) is 38.9. The number of alkyl halides is 5. The SMILES string of the molecule is C[C@H]1CCC(=C(N)C(F)(F)F)C(=NCC(=O)N[C@@H](Cc2cc(F)cc(F)c2)c2nc(C#CC(C)(C)O)ccc2-c2cccc3c(N)nccc23)C1(F)F. The van der Waals surface area contributed by atoms with Crippen LogP contribution in [-0.4, -0.2) is 50.9 Å². The van der Waals surface area contributed by atoms with Gasteiger partial charge in [0.2, 0.25) is 5.91 Å². The number of halogens is 7. The lowest BCUT2D eigenvalue weighted by atomic mass is 9.81. The first kappa shape index (κ1) is 38.7. The third-order valence-electron chi connectivity index (χ3n) is 8.63. The standard InChI is InChI=1S/C38H35F7N6O2/c1-20-7-9-29(33(46)38(43,44)45)34(37(20,41)42)49-19-31(52)51-30(17-21-15-22(39)18-23(40)16-21)32-27(10-8-24(50-32)11-13-36(2,3)53)25-5-4-6-28-26(25)12-14-48-35(28)47/h4-6,8,10,12,14-16,18,20,30,53H,7,9,17,19,46H2,1-3H3,(H2,47,48)(H,51,52)/t20-,30-/m0/s1. The monoisotopic (exact) mass is 740 g/mol. The first-order valence-electron chi connectivity index (χ1n) is 16.4. The molecule has 1 saturated carbocycles. The highest BCUT2D eigenvalue weighted by Crippen LogP contribution is 2.42. The predicted octanol–water partition coefficient (Wildman–Crippen LogP) is 6.96. The van der Waals surface area contributed by atoms with Crippen molar-refractivity contribution in [3.8, 4) is 23.0 Å². The summed E-state index contributed by atoms with van der Waals surface area (Å²) in [6.07, 6.45) is -4.67. The molecule has 1 aliphatic carbocycles. The Morgan fingerprint density at radius 3 is 2.43 bits per heavy atom. The largest absolute Gasteiger partial charge is 0.431 e. The third-order valence-corrected chi connectivity index (χ3v) is 8.63. The lowest BCUT2D eigenvalue weighted by molar-refractivity contribution is -0.120. The molecule has 8 nitrogen and oxygen atoms in total. The Bertz CT molecular complexity index is 2160. The highest BCUT2D eigenvalue weighted by Gasteiger charge is 2.49.